The zero-order valence-electron chi connectivity index (χ0n) is 11.6. The number of nitriles is 1. The number of carbonyl (C=O) groups excluding carboxylic acids is 1. The van der Waals surface area contributed by atoms with Crippen LogP contribution in [0.15, 0.2) is 24.4 Å². The Hall–Kier alpha value is -2.74. The standard InChI is InChI=1S/C15H14N4O/c1-9-4-5-13(17-8-9)19-15(20)14-11(3)12(7-16)6-10(2)18-14/h4-6,8H,1-3H3,(H,17,19,20). The Morgan fingerprint density at radius 3 is 2.65 bits per heavy atom. The smallest absolute Gasteiger partial charge is 0.275 e. The van der Waals surface area contributed by atoms with Crippen molar-refractivity contribution in [3.63, 3.8) is 0 Å². The monoisotopic (exact) mass is 266 g/mol. The van der Waals surface area contributed by atoms with E-state index in [4.69, 9.17) is 5.26 Å². The highest BCUT2D eigenvalue weighted by Gasteiger charge is 2.15. The lowest BCUT2D eigenvalue weighted by Crippen LogP contribution is -2.17. The predicted octanol–water partition coefficient (Wildman–Crippen LogP) is 2.53. The van der Waals surface area contributed by atoms with Crippen molar-refractivity contribution in [1.82, 2.24) is 9.97 Å². The summed E-state index contributed by atoms with van der Waals surface area (Å²) >= 11 is 0. The number of hydrogen-bond donors (Lipinski definition) is 1. The van der Waals surface area contributed by atoms with Crippen LogP contribution in [-0.2, 0) is 0 Å². The van der Waals surface area contributed by atoms with Gasteiger partial charge in [-0.15, -0.1) is 0 Å². The van der Waals surface area contributed by atoms with Crippen LogP contribution < -0.4 is 5.32 Å². The molecule has 2 heterocycles. The molecule has 0 atom stereocenters. The molecule has 1 amide bonds. The molecule has 0 fully saturated rings. The maximum Gasteiger partial charge on any atom is 0.275 e. The number of aromatic nitrogens is 2. The third-order valence-corrected chi connectivity index (χ3v) is 2.89. The maximum absolute atomic E-state index is 12.2. The Bertz CT molecular complexity index is 699. The molecule has 0 saturated heterocycles. The lowest BCUT2D eigenvalue weighted by Gasteiger charge is -2.08. The van der Waals surface area contributed by atoms with Gasteiger partial charge in [0.15, 0.2) is 0 Å². The van der Waals surface area contributed by atoms with E-state index in [1.165, 1.54) is 0 Å². The number of nitrogens with one attached hydrogen (secondary N) is 1. The molecule has 0 spiro atoms. The van der Waals surface area contributed by atoms with Gasteiger partial charge in [-0.1, -0.05) is 6.07 Å². The molecule has 0 radical (unpaired) electrons. The fraction of sp³-hybridized carbons (Fsp3) is 0.200. The van der Waals surface area contributed by atoms with Gasteiger partial charge in [-0.25, -0.2) is 9.97 Å². The highest BCUT2D eigenvalue weighted by Crippen LogP contribution is 2.14. The van der Waals surface area contributed by atoms with Crippen LogP contribution in [0.3, 0.4) is 0 Å². The first-order chi connectivity index (χ1) is 9.51. The van der Waals surface area contributed by atoms with Crippen molar-refractivity contribution in [3.8, 4) is 6.07 Å². The van der Waals surface area contributed by atoms with E-state index >= 15 is 0 Å². The normalized spacial score (nSPS) is 9.90. The number of amides is 1. The minimum atomic E-state index is -0.362. The minimum Gasteiger partial charge on any atom is -0.305 e. The molecule has 0 unspecified atom stereocenters. The molecular weight excluding hydrogens is 252 g/mol. The molecule has 20 heavy (non-hydrogen) atoms. The summed E-state index contributed by atoms with van der Waals surface area (Å²) in [5, 5.41) is 11.7. The van der Waals surface area contributed by atoms with E-state index in [2.05, 4.69) is 21.4 Å². The minimum absolute atomic E-state index is 0.254. The SMILES string of the molecule is Cc1ccc(NC(=O)c2nc(C)cc(C#N)c2C)nc1. The lowest BCUT2D eigenvalue weighted by atomic mass is 10.1. The molecular formula is C15H14N4O. The summed E-state index contributed by atoms with van der Waals surface area (Å²) in [6, 6.07) is 7.32. The summed E-state index contributed by atoms with van der Waals surface area (Å²) in [4.78, 5) is 20.5. The summed E-state index contributed by atoms with van der Waals surface area (Å²) in [6.07, 6.45) is 1.67. The van der Waals surface area contributed by atoms with Gasteiger partial charge < -0.3 is 5.32 Å². The molecule has 100 valence electrons. The summed E-state index contributed by atoms with van der Waals surface area (Å²) in [6.45, 7) is 5.38. The Morgan fingerprint density at radius 1 is 1.30 bits per heavy atom. The maximum atomic E-state index is 12.2. The average molecular weight is 266 g/mol. The lowest BCUT2D eigenvalue weighted by molar-refractivity contribution is 0.102. The number of pyridine rings is 2. The van der Waals surface area contributed by atoms with Crippen molar-refractivity contribution in [1.29, 1.82) is 5.26 Å². The summed E-state index contributed by atoms with van der Waals surface area (Å²) in [5.41, 5.74) is 2.93. The highest BCUT2D eigenvalue weighted by molar-refractivity contribution is 6.03. The fourth-order valence-corrected chi connectivity index (χ4v) is 1.79. The number of nitrogens with zero attached hydrogens (tertiary/aromatic N) is 3. The van der Waals surface area contributed by atoms with Crippen molar-refractivity contribution in [3.05, 3.63) is 52.5 Å². The van der Waals surface area contributed by atoms with E-state index in [-0.39, 0.29) is 11.6 Å². The topological polar surface area (TPSA) is 78.7 Å². The summed E-state index contributed by atoms with van der Waals surface area (Å²) < 4.78 is 0. The Labute approximate surface area is 117 Å². The largest absolute Gasteiger partial charge is 0.305 e. The predicted molar refractivity (Wildman–Crippen MR) is 75.4 cm³/mol. The zero-order valence-corrected chi connectivity index (χ0v) is 11.6. The van der Waals surface area contributed by atoms with Crippen LogP contribution in [0.25, 0.3) is 0 Å². The van der Waals surface area contributed by atoms with Crippen LogP contribution >= 0.6 is 0 Å². The molecule has 5 heteroatoms. The molecule has 2 rings (SSSR count). The van der Waals surface area contributed by atoms with Crippen LogP contribution in [0, 0.1) is 32.1 Å². The average Bonchev–Trinajstić information content (AvgIpc) is 2.43. The summed E-state index contributed by atoms with van der Waals surface area (Å²) in [7, 11) is 0. The molecule has 0 aromatic carbocycles. The Kier molecular flexibility index (Phi) is 3.76. The van der Waals surface area contributed by atoms with Gasteiger partial charge in [-0.2, -0.15) is 5.26 Å². The van der Waals surface area contributed by atoms with Gasteiger partial charge >= 0.3 is 0 Å². The first-order valence-electron chi connectivity index (χ1n) is 6.13. The van der Waals surface area contributed by atoms with Crippen LogP contribution in [0.1, 0.15) is 32.9 Å². The van der Waals surface area contributed by atoms with E-state index < -0.39 is 0 Å². The second-order valence-electron chi connectivity index (χ2n) is 4.57. The molecule has 0 saturated carbocycles. The first kappa shape index (κ1) is 13.7. The van der Waals surface area contributed by atoms with Gasteiger partial charge in [0.25, 0.3) is 5.91 Å². The van der Waals surface area contributed by atoms with Crippen molar-refractivity contribution in [2.45, 2.75) is 20.8 Å². The van der Waals surface area contributed by atoms with Crippen LogP contribution in [0.5, 0.6) is 0 Å². The molecule has 1 N–H and O–H groups in total. The first-order valence-corrected chi connectivity index (χ1v) is 6.13. The van der Waals surface area contributed by atoms with Gasteiger partial charge in [0.05, 0.1) is 11.6 Å². The van der Waals surface area contributed by atoms with Crippen molar-refractivity contribution < 1.29 is 4.79 Å². The number of carbonyl (C=O) groups is 1. The highest BCUT2D eigenvalue weighted by atomic mass is 16.1. The van der Waals surface area contributed by atoms with E-state index in [0.717, 1.165) is 5.56 Å². The summed E-state index contributed by atoms with van der Waals surface area (Å²) in [5.74, 6) is 0.0980. The molecule has 0 aliphatic carbocycles. The van der Waals surface area contributed by atoms with Crippen LogP contribution in [-0.4, -0.2) is 15.9 Å². The zero-order chi connectivity index (χ0) is 14.7. The Morgan fingerprint density at radius 2 is 2.05 bits per heavy atom. The van der Waals surface area contributed by atoms with E-state index in [1.807, 2.05) is 13.0 Å². The number of anilines is 1. The van der Waals surface area contributed by atoms with Crippen molar-refractivity contribution in [2.24, 2.45) is 0 Å². The van der Waals surface area contributed by atoms with Gasteiger partial charge in [0.2, 0.25) is 0 Å². The number of hydrogen-bond acceptors (Lipinski definition) is 4. The van der Waals surface area contributed by atoms with E-state index in [1.54, 1.807) is 32.2 Å². The van der Waals surface area contributed by atoms with E-state index in [0.29, 0.717) is 22.6 Å². The molecule has 2 aromatic rings. The molecule has 0 aliphatic rings. The quantitative estimate of drug-likeness (QED) is 0.905. The third-order valence-electron chi connectivity index (χ3n) is 2.89. The fourth-order valence-electron chi connectivity index (χ4n) is 1.79. The molecule has 0 bridgehead atoms. The third kappa shape index (κ3) is 2.81. The second-order valence-corrected chi connectivity index (χ2v) is 4.57. The molecule has 0 aliphatic heterocycles. The van der Waals surface area contributed by atoms with Crippen LogP contribution in [0.2, 0.25) is 0 Å². The number of aryl methyl sites for hydroxylation is 2. The number of rotatable bonds is 2. The van der Waals surface area contributed by atoms with Gasteiger partial charge in [-0.05, 0) is 44.0 Å². The van der Waals surface area contributed by atoms with Crippen molar-refractivity contribution in [2.75, 3.05) is 5.32 Å². The van der Waals surface area contributed by atoms with Crippen molar-refractivity contribution >= 4 is 11.7 Å². The van der Waals surface area contributed by atoms with Gasteiger partial charge in [0.1, 0.15) is 11.5 Å². The van der Waals surface area contributed by atoms with E-state index in [9.17, 15) is 4.79 Å². The Balaban J connectivity index is 2.32. The second kappa shape index (κ2) is 5.49. The van der Waals surface area contributed by atoms with Gasteiger partial charge in [-0.3, -0.25) is 4.79 Å². The molecule has 5 nitrogen and oxygen atoms in total. The van der Waals surface area contributed by atoms with Crippen LogP contribution in [0.4, 0.5) is 5.82 Å². The van der Waals surface area contributed by atoms with Gasteiger partial charge in [0, 0.05) is 11.9 Å². The molecule has 2 aromatic heterocycles.